The summed E-state index contributed by atoms with van der Waals surface area (Å²) in [6.07, 6.45) is 1.53. The van der Waals surface area contributed by atoms with Gasteiger partial charge in [0, 0.05) is 6.20 Å². The molecule has 0 bridgehead atoms. The number of hydrogen-bond donors (Lipinski definition) is 1. The molecule has 0 saturated carbocycles. The lowest BCUT2D eigenvalue weighted by molar-refractivity contribution is 0.102. The Labute approximate surface area is 119 Å². The Morgan fingerprint density at radius 1 is 1.06 bits per heavy atom. The van der Waals surface area contributed by atoms with Crippen LogP contribution in [0.4, 0.5) is 5.69 Å². The standard InChI is InChI=1S/C12H7Cl3N2O/c13-7-3-1-4-8(14)10(7)12(18)17-9-5-2-6-16-11(9)15/h1-6H,(H,17,18). The molecule has 1 heterocycles. The molecule has 0 aliphatic carbocycles. The van der Waals surface area contributed by atoms with E-state index in [4.69, 9.17) is 34.8 Å². The number of halogens is 3. The van der Waals surface area contributed by atoms with Gasteiger partial charge >= 0.3 is 0 Å². The second kappa shape index (κ2) is 5.57. The number of rotatable bonds is 2. The molecule has 0 aliphatic rings. The van der Waals surface area contributed by atoms with Crippen LogP contribution in [0.15, 0.2) is 36.5 Å². The van der Waals surface area contributed by atoms with Gasteiger partial charge in [-0.05, 0) is 24.3 Å². The van der Waals surface area contributed by atoms with E-state index >= 15 is 0 Å². The van der Waals surface area contributed by atoms with Crippen molar-refractivity contribution >= 4 is 46.4 Å². The van der Waals surface area contributed by atoms with Crippen molar-refractivity contribution in [1.82, 2.24) is 4.98 Å². The average Bonchev–Trinajstić information content (AvgIpc) is 2.32. The minimum absolute atomic E-state index is 0.203. The summed E-state index contributed by atoms with van der Waals surface area (Å²) >= 11 is 17.7. The molecular formula is C12H7Cl3N2O. The summed E-state index contributed by atoms with van der Waals surface area (Å²) in [6.45, 7) is 0. The zero-order chi connectivity index (χ0) is 13.1. The van der Waals surface area contributed by atoms with Crippen LogP contribution in [0.1, 0.15) is 10.4 Å². The van der Waals surface area contributed by atoms with Crippen molar-refractivity contribution in [2.75, 3.05) is 5.32 Å². The van der Waals surface area contributed by atoms with Crippen LogP contribution in [-0.4, -0.2) is 10.9 Å². The Morgan fingerprint density at radius 3 is 2.33 bits per heavy atom. The number of carbonyl (C=O) groups excluding carboxylic acids is 1. The van der Waals surface area contributed by atoms with E-state index in [1.807, 2.05) is 0 Å². The molecule has 0 fully saturated rings. The average molecular weight is 302 g/mol. The van der Waals surface area contributed by atoms with Gasteiger partial charge in [-0.25, -0.2) is 4.98 Å². The Balaban J connectivity index is 2.31. The Morgan fingerprint density at radius 2 is 1.72 bits per heavy atom. The number of amides is 1. The lowest BCUT2D eigenvalue weighted by Gasteiger charge is -2.08. The number of pyridine rings is 1. The van der Waals surface area contributed by atoms with Crippen LogP contribution in [0.3, 0.4) is 0 Å². The third-order valence-electron chi connectivity index (χ3n) is 2.20. The molecule has 1 N–H and O–H groups in total. The number of hydrogen-bond acceptors (Lipinski definition) is 2. The maximum Gasteiger partial charge on any atom is 0.258 e. The van der Waals surface area contributed by atoms with Gasteiger partial charge in [-0.3, -0.25) is 4.79 Å². The minimum atomic E-state index is -0.430. The normalized spacial score (nSPS) is 10.2. The first kappa shape index (κ1) is 13.1. The van der Waals surface area contributed by atoms with Crippen LogP contribution in [0, 0.1) is 0 Å². The lowest BCUT2D eigenvalue weighted by atomic mass is 10.2. The predicted molar refractivity (Wildman–Crippen MR) is 73.7 cm³/mol. The molecule has 2 aromatic rings. The van der Waals surface area contributed by atoms with Crippen LogP contribution in [0.2, 0.25) is 15.2 Å². The van der Waals surface area contributed by atoms with E-state index in [1.54, 1.807) is 30.3 Å². The van der Waals surface area contributed by atoms with E-state index in [-0.39, 0.29) is 20.8 Å². The molecule has 3 nitrogen and oxygen atoms in total. The summed E-state index contributed by atoms with van der Waals surface area (Å²) in [7, 11) is 0. The second-order valence-electron chi connectivity index (χ2n) is 3.39. The van der Waals surface area contributed by atoms with Gasteiger partial charge < -0.3 is 5.32 Å². The molecule has 6 heteroatoms. The molecule has 1 aromatic carbocycles. The van der Waals surface area contributed by atoms with Crippen molar-refractivity contribution in [3.8, 4) is 0 Å². The highest BCUT2D eigenvalue weighted by Gasteiger charge is 2.15. The molecule has 0 unspecified atom stereocenters. The Kier molecular flexibility index (Phi) is 4.07. The molecule has 92 valence electrons. The minimum Gasteiger partial charge on any atom is -0.319 e. The Bertz CT molecular complexity index is 581. The molecule has 0 saturated heterocycles. The van der Waals surface area contributed by atoms with Gasteiger partial charge in [-0.15, -0.1) is 0 Å². The summed E-state index contributed by atoms with van der Waals surface area (Å²) in [5, 5.41) is 3.36. The molecule has 18 heavy (non-hydrogen) atoms. The Hall–Kier alpha value is -1.29. The van der Waals surface area contributed by atoms with E-state index < -0.39 is 5.91 Å². The molecule has 0 spiro atoms. The third kappa shape index (κ3) is 2.75. The molecule has 0 atom stereocenters. The SMILES string of the molecule is O=C(Nc1cccnc1Cl)c1c(Cl)cccc1Cl. The number of aromatic nitrogens is 1. The van der Waals surface area contributed by atoms with Crippen molar-refractivity contribution in [2.45, 2.75) is 0 Å². The molecule has 0 aliphatic heterocycles. The maximum absolute atomic E-state index is 12.0. The fraction of sp³-hybridized carbons (Fsp3) is 0. The van der Waals surface area contributed by atoms with Crippen LogP contribution in [0.5, 0.6) is 0 Å². The first-order valence-electron chi connectivity index (χ1n) is 4.95. The fourth-order valence-corrected chi connectivity index (χ4v) is 2.11. The first-order chi connectivity index (χ1) is 8.59. The highest BCUT2D eigenvalue weighted by atomic mass is 35.5. The number of carbonyl (C=O) groups is 1. The second-order valence-corrected chi connectivity index (χ2v) is 4.56. The predicted octanol–water partition coefficient (Wildman–Crippen LogP) is 4.29. The van der Waals surface area contributed by atoms with Crippen LogP contribution in [-0.2, 0) is 0 Å². The third-order valence-corrected chi connectivity index (χ3v) is 3.13. The van der Waals surface area contributed by atoms with Crippen LogP contribution < -0.4 is 5.32 Å². The van der Waals surface area contributed by atoms with Gasteiger partial charge in [0.2, 0.25) is 0 Å². The number of benzene rings is 1. The summed E-state index contributed by atoms with van der Waals surface area (Å²) in [6, 6.07) is 8.15. The van der Waals surface area contributed by atoms with Crippen molar-refractivity contribution in [1.29, 1.82) is 0 Å². The topological polar surface area (TPSA) is 42.0 Å². The van der Waals surface area contributed by atoms with Gasteiger partial charge in [0.05, 0.1) is 21.3 Å². The largest absolute Gasteiger partial charge is 0.319 e. The van der Waals surface area contributed by atoms with E-state index in [2.05, 4.69) is 10.3 Å². The van der Waals surface area contributed by atoms with Crippen molar-refractivity contribution in [3.63, 3.8) is 0 Å². The summed E-state index contributed by atoms with van der Waals surface area (Å²) in [5.74, 6) is -0.430. The molecular weight excluding hydrogens is 295 g/mol. The highest BCUT2D eigenvalue weighted by molar-refractivity contribution is 6.40. The molecule has 1 aromatic heterocycles. The van der Waals surface area contributed by atoms with E-state index in [1.165, 1.54) is 6.20 Å². The lowest BCUT2D eigenvalue weighted by Crippen LogP contribution is -2.13. The van der Waals surface area contributed by atoms with E-state index in [9.17, 15) is 4.79 Å². The smallest absolute Gasteiger partial charge is 0.258 e. The van der Waals surface area contributed by atoms with Gasteiger partial charge in [0.25, 0.3) is 5.91 Å². The van der Waals surface area contributed by atoms with Crippen molar-refractivity contribution < 1.29 is 4.79 Å². The summed E-state index contributed by atoms with van der Waals surface area (Å²) in [4.78, 5) is 15.9. The monoisotopic (exact) mass is 300 g/mol. The van der Waals surface area contributed by atoms with Crippen LogP contribution in [0.25, 0.3) is 0 Å². The zero-order valence-corrected chi connectivity index (χ0v) is 11.2. The highest BCUT2D eigenvalue weighted by Crippen LogP contribution is 2.26. The number of nitrogens with one attached hydrogen (secondary N) is 1. The summed E-state index contributed by atoms with van der Waals surface area (Å²) in [5.41, 5.74) is 0.612. The van der Waals surface area contributed by atoms with E-state index in [0.29, 0.717) is 5.69 Å². The number of anilines is 1. The first-order valence-corrected chi connectivity index (χ1v) is 6.09. The van der Waals surface area contributed by atoms with Gasteiger partial charge in [-0.2, -0.15) is 0 Å². The molecule has 0 radical (unpaired) electrons. The van der Waals surface area contributed by atoms with Gasteiger partial charge in [-0.1, -0.05) is 40.9 Å². The van der Waals surface area contributed by atoms with Crippen molar-refractivity contribution in [3.05, 3.63) is 57.3 Å². The summed E-state index contributed by atoms with van der Waals surface area (Å²) < 4.78 is 0. The van der Waals surface area contributed by atoms with Gasteiger partial charge in [0.15, 0.2) is 5.15 Å². The van der Waals surface area contributed by atoms with E-state index in [0.717, 1.165) is 0 Å². The maximum atomic E-state index is 12.0. The fourth-order valence-electron chi connectivity index (χ4n) is 1.38. The quantitative estimate of drug-likeness (QED) is 0.841. The number of nitrogens with zero attached hydrogens (tertiary/aromatic N) is 1. The van der Waals surface area contributed by atoms with Crippen LogP contribution >= 0.6 is 34.8 Å². The van der Waals surface area contributed by atoms with Crippen molar-refractivity contribution in [2.24, 2.45) is 0 Å². The van der Waals surface area contributed by atoms with Gasteiger partial charge in [0.1, 0.15) is 0 Å². The molecule has 1 amide bonds. The zero-order valence-electron chi connectivity index (χ0n) is 8.95. The molecule has 2 rings (SSSR count).